The maximum atomic E-state index is 12.0. The summed E-state index contributed by atoms with van der Waals surface area (Å²) in [7, 11) is 1.76. The van der Waals surface area contributed by atoms with Gasteiger partial charge >= 0.3 is 0 Å². The molecule has 1 aliphatic rings. The minimum atomic E-state index is -0.475. The van der Waals surface area contributed by atoms with Gasteiger partial charge in [-0.05, 0) is 47.1 Å². The van der Waals surface area contributed by atoms with Gasteiger partial charge in [-0.25, -0.2) is 0 Å². The van der Waals surface area contributed by atoms with Crippen molar-refractivity contribution in [3.05, 3.63) is 22.2 Å². The molecule has 0 fully saturated rings. The molecule has 1 amide bonds. The van der Waals surface area contributed by atoms with Gasteiger partial charge < -0.3 is 15.4 Å². The molecular weight excluding hydrogens is 284 g/mol. The monoisotopic (exact) mass is 298 g/mol. The predicted molar refractivity (Wildman–Crippen MR) is 70.4 cm³/mol. The lowest BCUT2D eigenvalue weighted by molar-refractivity contribution is -0.126. The molecule has 0 saturated carbocycles. The maximum Gasteiger partial charge on any atom is 0.267 e. The van der Waals surface area contributed by atoms with Gasteiger partial charge in [0.2, 0.25) is 0 Å². The number of benzene rings is 1. The van der Waals surface area contributed by atoms with Gasteiger partial charge in [-0.1, -0.05) is 0 Å². The van der Waals surface area contributed by atoms with Crippen molar-refractivity contribution in [2.45, 2.75) is 19.4 Å². The van der Waals surface area contributed by atoms with Gasteiger partial charge in [0.1, 0.15) is 0 Å². The first kappa shape index (κ1) is 12.4. The van der Waals surface area contributed by atoms with Crippen LogP contribution < -0.4 is 15.4 Å². The van der Waals surface area contributed by atoms with E-state index in [-0.39, 0.29) is 5.91 Å². The van der Waals surface area contributed by atoms with Gasteiger partial charge in [-0.3, -0.25) is 4.79 Å². The zero-order chi connectivity index (χ0) is 12.6. The summed E-state index contributed by atoms with van der Waals surface area (Å²) in [5.74, 6) is 0.677. The zero-order valence-electron chi connectivity index (χ0n) is 9.87. The number of carbonyl (C=O) groups excluding carboxylic acids is 1. The van der Waals surface area contributed by atoms with Gasteiger partial charge in [0, 0.05) is 13.5 Å². The Morgan fingerprint density at radius 2 is 2.24 bits per heavy atom. The Labute approximate surface area is 109 Å². The second-order valence-corrected chi connectivity index (χ2v) is 5.03. The van der Waals surface area contributed by atoms with E-state index in [9.17, 15) is 4.79 Å². The Hall–Kier alpha value is -1.07. The summed E-state index contributed by atoms with van der Waals surface area (Å²) in [6.07, 6.45) is 0.0552. The molecule has 0 saturated heterocycles. The Morgan fingerprint density at radius 1 is 1.53 bits per heavy atom. The van der Waals surface area contributed by atoms with E-state index in [1.165, 1.54) is 0 Å². The summed E-state index contributed by atoms with van der Waals surface area (Å²) in [5.41, 5.74) is 7.37. The lowest BCUT2D eigenvalue weighted by atomic mass is 10.1. The molecule has 1 aliphatic heterocycles. The molecule has 17 heavy (non-hydrogen) atoms. The number of halogens is 1. The highest BCUT2D eigenvalue weighted by Gasteiger charge is 2.32. The lowest BCUT2D eigenvalue weighted by Gasteiger charge is -2.32. The quantitative estimate of drug-likeness (QED) is 0.906. The summed E-state index contributed by atoms with van der Waals surface area (Å²) >= 11 is 3.46. The van der Waals surface area contributed by atoms with E-state index in [1.807, 2.05) is 19.1 Å². The van der Waals surface area contributed by atoms with E-state index in [2.05, 4.69) is 15.9 Å². The highest BCUT2D eigenvalue weighted by Crippen LogP contribution is 2.40. The molecule has 5 heteroatoms. The zero-order valence-corrected chi connectivity index (χ0v) is 11.5. The summed E-state index contributed by atoms with van der Waals surface area (Å²) in [4.78, 5) is 13.7. The molecule has 0 radical (unpaired) electrons. The molecule has 0 spiro atoms. The summed E-state index contributed by atoms with van der Waals surface area (Å²) in [6, 6.07) is 3.92. The first-order valence-corrected chi connectivity index (χ1v) is 6.28. The van der Waals surface area contributed by atoms with Crippen LogP contribution in [0.3, 0.4) is 0 Å². The average Bonchev–Trinajstić information content (AvgIpc) is 2.27. The van der Waals surface area contributed by atoms with E-state index >= 15 is 0 Å². The predicted octanol–water partition coefficient (Wildman–Crippen LogP) is 1.83. The van der Waals surface area contributed by atoms with Crippen molar-refractivity contribution in [1.29, 1.82) is 0 Å². The van der Waals surface area contributed by atoms with Crippen LogP contribution in [0.4, 0.5) is 5.69 Å². The first-order valence-electron chi connectivity index (χ1n) is 5.49. The fourth-order valence-electron chi connectivity index (χ4n) is 1.94. The Morgan fingerprint density at radius 3 is 2.88 bits per heavy atom. The normalized spacial score (nSPS) is 18.9. The van der Waals surface area contributed by atoms with Gasteiger partial charge in [0.05, 0.1) is 10.2 Å². The Bertz CT molecular complexity index is 462. The fourth-order valence-corrected chi connectivity index (χ4v) is 2.60. The topological polar surface area (TPSA) is 55.6 Å². The summed E-state index contributed by atoms with van der Waals surface area (Å²) < 4.78 is 6.59. The van der Waals surface area contributed by atoms with Gasteiger partial charge in [0.15, 0.2) is 11.9 Å². The molecule has 1 aromatic carbocycles. The molecule has 1 heterocycles. The van der Waals surface area contributed by atoms with Crippen LogP contribution in [-0.2, 0) is 4.79 Å². The van der Waals surface area contributed by atoms with Crippen molar-refractivity contribution < 1.29 is 9.53 Å². The van der Waals surface area contributed by atoms with Crippen molar-refractivity contribution in [2.75, 3.05) is 18.5 Å². The number of carbonyl (C=O) groups is 1. The van der Waals surface area contributed by atoms with E-state index < -0.39 is 6.10 Å². The van der Waals surface area contributed by atoms with Crippen LogP contribution in [0.25, 0.3) is 0 Å². The fraction of sp³-hybridized carbons (Fsp3) is 0.417. The molecule has 2 N–H and O–H groups in total. The van der Waals surface area contributed by atoms with E-state index in [4.69, 9.17) is 10.5 Å². The number of nitrogens with zero attached hydrogens (tertiary/aromatic N) is 1. The molecule has 0 bridgehead atoms. The van der Waals surface area contributed by atoms with E-state index in [0.717, 1.165) is 21.5 Å². The second kappa shape index (κ2) is 4.66. The van der Waals surface area contributed by atoms with Crippen LogP contribution in [0.15, 0.2) is 16.6 Å². The number of aryl methyl sites for hydroxylation is 1. The van der Waals surface area contributed by atoms with Gasteiger partial charge in [-0.2, -0.15) is 0 Å². The third-order valence-electron chi connectivity index (χ3n) is 2.82. The number of nitrogens with two attached hydrogens (primary N) is 1. The standard InChI is InChI=1S/C12H15BrN2O2/c1-7-5-8(13)11-9(6-7)15(2)12(16)10(17-11)3-4-14/h5-6,10H,3-4,14H2,1-2H3. The minimum absolute atomic E-state index is 0.0412. The number of likely N-dealkylation sites (N-methyl/N-ethyl adjacent to an activating group) is 1. The van der Waals surface area contributed by atoms with Gasteiger partial charge in [-0.15, -0.1) is 0 Å². The number of rotatable bonds is 2. The molecule has 2 rings (SSSR count). The molecule has 1 unspecified atom stereocenters. The third-order valence-corrected chi connectivity index (χ3v) is 3.41. The first-order chi connectivity index (χ1) is 8.04. The smallest absolute Gasteiger partial charge is 0.267 e. The van der Waals surface area contributed by atoms with Crippen LogP contribution in [0.1, 0.15) is 12.0 Å². The number of ether oxygens (including phenoxy) is 1. The van der Waals surface area contributed by atoms with Gasteiger partial charge in [0.25, 0.3) is 5.91 Å². The van der Waals surface area contributed by atoms with E-state index in [0.29, 0.717) is 13.0 Å². The molecular formula is C12H15BrN2O2. The van der Waals surface area contributed by atoms with Crippen LogP contribution in [0.5, 0.6) is 5.75 Å². The highest BCUT2D eigenvalue weighted by atomic mass is 79.9. The van der Waals surface area contributed by atoms with Crippen molar-refractivity contribution in [3.63, 3.8) is 0 Å². The second-order valence-electron chi connectivity index (χ2n) is 4.18. The molecule has 0 aliphatic carbocycles. The largest absolute Gasteiger partial charge is 0.477 e. The molecule has 92 valence electrons. The minimum Gasteiger partial charge on any atom is -0.477 e. The third kappa shape index (κ3) is 2.17. The summed E-state index contributed by atoms with van der Waals surface area (Å²) in [6.45, 7) is 2.42. The number of fused-ring (bicyclic) bond motifs is 1. The molecule has 4 nitrogen and oxygen atoms in total. The maximum absolute atomic E-state index is 12.0. The van der Waals surface area contributed by atoms with Crippen molar-refractivity contribution in [3.8, 4) is 5.75 Å². The number of hydrogen-bond acceptors (Lipinski definition) is 3. The van der Waals surface area contributed by atoms with Crippen LogP contribution >= 0.6 is 15.9 Å². The average molecular weight is 299 g/mol. The van der Waals surface area contributed by atoms with Crippen molar-refractivity contribution in [2.24, 2.45) is 5.73 Å². The Kier molecular flexibility index (Phi) is 3.40. The van der Waals surface area contributed by atoms with E-state index in [1.54, 1.807) is 11.9 Å². The summed E-state index contributed by atoms with van der Waals surface area (Å²) in [5, 5.41) is 0. The van der Waals surface area contributed by atoms with Crippen molar-refractivity contribution >= 4 is 27.5 Å². The lowest BCUT2D eigenvalue weighted by Crippen LogP contribution is -2.44. The molecule has 1 atom stereocenters. The SMILES string of the molecule is Cc1cc(Br)c2c(c1)N(C)C(=O)C(CCN)O2. The van der Waals surface area contributed by atoms with Crippen molar-refractivity contribution in [1.82, 2.24) is 0 Å². The highest BCUT2D eigenvalue weighted by molar-refractivity contribution is 9.10. The number of hydrogen-bond donors (Lipinski definition) is 1. The van der Waals surface area contributed by atoms with Crippen LogP contribution in [0.2, 0.25) is 0 Å². The molecule has 1 aromatic rings. The Balaban J connectivity index is 2.45. The van der Waals surface area contributed by atoms with Crippen LogP contribution in [-0.4, -0.2) is 25.6 Å². The molecule has 0 aromatic heterocycles. The van der Waals surface area contributed by atoms with Crippen LogP contribution in [0, 0.1) is 6.92 Å². The number of amides is 1. The number of anilines is 1.